The second-order valence-corrected chi connectivity index (χ2v) is 10.9. The van der Waals surface area contributed by atoms with E-state index in [4.69, 9.17) is 11.6 Å². The Bertz CT molecular complexity index is 1840. The number of aromatic hydroxyl groups is 1. The van der Waals surface area contributed by atoms with Crippen molar-refractivity contribution in [3.63, 3.8) is 0 Å². The predicted octanol–water partition coefficient (Wildman–Crippen LogP) is 5.91. The van der Waals surface area contributed by atoms with Gasteiger partial charge in [0.15, 0.2) is 11.7 Å². The molecule has 0 atom stereocenters. The minimum absolute atomic E-state index is 0.0308. The monoisotopic (exact) mass is 592 g/mol. The third-order valence-electron chi connectivity index (χ3n) is 7.48. The lowest BCUT2D eigenvalue weighted by Gasteiger charge is -2.34. The fourth-order valence-corrected chi connectivity index (χ4v) is 5.22. The van der Waals surface area contributed by atoms with E-state index in [9.17, 15) is 14.7 Å². The highest BCUT2D eigenvalue weighted by atomic mass is 35.5. The predicted molar refractivity (Wildman–Crippen MR) is 170 cm³/mol. The van der Waals surface area contributed by atoms with Gasteiger partial charge in [0, 0.05) is 77.0 Å². The van der Waals surface area contributed by atoms with Crippen molar-refractivity contribution in [1.82, 2.24) is 14.9 Å². The van der Waals surface area contributed by atoms with Crippen LogP contribution >= 0.6 is 11.6 Å². The highest BCUT2D eigenvalue weighted by molar-refractivity contribution is 6.31. The Hall–Kier alpha value is -4.99. The number of likely N-dealkylation sites (N-methyl/N-ethyl adjacent to an activating group) is 1. The number of hydrogen-bond acceptors (Lipinski definition) is 7. The Labute approximate surface area is 253 Å². The average molecular weight is 593 g/mol. The third kappa shape index (κ3) is 6.28. The van der Waals surface area contributed by atoms with Crippen molar-refractivity contribution in [2.75, 3.05) is 43.4 Å². The normalized spacial score (nSPS) is 14.0. The van der Waals surface area contributed by atoms with Gasteiger partial charge in [0.25, 0.3) is 5.91 Å². The Balaban J connectivity index is 1.17. The molecule has 43 heavy (non-hydrogen) atoms. The van der Waals surface area contributed by atoms with Gasteiger partial charge in [-0.05, 0) is 61.6 Å². The Morgan fingerprint density at radius 3 is 2.51 bits per heavy atom. The number of amides is 1. The number of carbonyl (C=O) groups is 2. The van der Waals surface area contributed by atoms with E-state index in [0.29, 0.717) is 32.9 Å². The number of hydrogen-bond donors (Lipinski definition) is 3. The molecule has 2 aromatic heterocycles. The lowest BCUT2D eigenvalue weighted by molar-refractivity contribution is 0.101. The number of aliphatic imine (C=N–C) groups is 1. The Morgan fingerprint density at radius 1 is 0.977 bits per heavy atom. The van der Waals surface area contributed by atoms with Crippen molar-refractivity contribution in [2.45, 2.75) is 0 Å². The number of pyridine rings is 1. The summed E-state index contributed by atoms with van der Waals surface area (Å²) in [5.41, 5.74) is 4.53. The number of anilines is 2. The topological polar surface area (TPSA) is 114 Å². The SMILES string of the molecule is CN1CCN(c2ccc(N=Cc3c(O)[nH]c4cc(C(=O)c5cccc(NC(=O)c6cc(Cl)ccn6)c5)ccc34)cc2)CC1. The molecular formula is C33H29ClN6O3. The molecule has 216 valence electrons. The van der Waals surface area contributed by atoms with E-state index in [2.05, 4.69) is 49.3 Å². The van der Waals surface area contributed by atoms with Crippen LogP contribution in [-0.4, -0.2) is 71.1 Å². The van der Waals surface area contributed by atoms with Gasteiger partial charge < -0.3 is 25.2 Å². The van der Waals surface area contributed by atoms with Crippen molar-refractivity contribution < 1.29 is 14.7 Å². The van der Waals surface area contributed by atoms with Crippen LogP contribution < -0.4 is 10.2 Å². The summed E-state index contributed by atoms with van der Waals surface area (Å²) in [6.07, 6.45) is 3.08. The summed E-state index contributed by atoms with van der Waals surface area (Å²) >= 11 is 5.97. The molecule has 0 spiro atoms. The van der Waals surface area contributed by atoms with E-state index < -0.39 is 5.91 Å². The van der Waals surface area contributed by atoms with Crippen LogP contribution in [0.4, 0.5) is 17.1 Å². The lowest BCUT2D eigenvalue weighted by Crippen LogP contribution is -2.44. The van der Waals surface area contributed by atoms with Crippen LogP contribution in [0.15, 0.2) is 90.1 Å². The van der Waals surface area contributed by atoms with Crippen molar-refractivity contribution in [1.29, 1.82) is 0 Å². The molecule has 3 heterocycles. The van der Waals surface area contributed by atoms with E-state index in [-0.39, 0.29) is 17.4 Å². The molecule has 1 fully saturated rings. The zero-order valence-corrected chi connectivity index (χ0v) is 24.2. The van der Waals surface area contributed by atoms with Crippen molar-refractivity contribution in [3.05, 3.63) is 112 Å². The molecule has 1 aliphatic rings. The molecular weight excluding hydrogens is 564 g/mol. The molecule has 0 saturated carbocycles. The number of rotatable bonds is 7. The number of aromatic nitrogens is 2. The summed E-state index contributed by atoms with van der Waals surface area (Å²) in [5.74, 6) is -0.698. The molecule has 0 unspecified atom stereocenters. The van der Waals surface area contributed by atoms with Gasteiger partial charge in [-0.1, -0.05) is 35.9 Å². The summed E-state index contributed by atoms with van der Waals surface area (Å²) < 4.78 is 0. The minimum atomic E-state index is -0.435. The number of fused-ring (bicyclic) bond motifs is 1. The largest absolute Gasteiger partial charge is 0.494 e. The minimum Gasteiger partial charge on any atom is -0.494 e. The Kier molecular flexibility index (Phi) is 7.91. The van der Waals surface area contributed by atoms with Gasteiger partial charge in [-0.15, -0.1) is 0 Å². The molecule has 3 aromatic carbocycles. The van der Waals surface area contributed by atoms with Crippen molar-refractivity contribution in [3.8, 4) is 5.88 Å². The number of ketones is 1. The van der Waals surface area contributed by atoms with Gasteiger partial charge in [0.2, 0.25) is 0 Å². The second kappa shape index (κ2) is 12.1. The van der Waals surface area contributed by atoms with Crippen LogP contribution in [0.25, 0.3) is 10.9 Å². The first-order valence-corrected chi connectivity index (χ1v) is 14.2. The first kappa shape index (κ1) is 28.1. The van der Waals surface area contributed by atoms with Gasteiger partial charge in [-0.3, -0.25) is 19.6 Å². The molecule has 0 aliphatic carbocycles. The summed E-state index contributed by atoms with van der Waals surface area (Å²) in [5, 5.41) is 14.5. The first-order valence-electron chi connectivity index (χ1n) is 13.8. The zero-order valence-electron chi connectivity index (χ0n) is 23.4. The van der Waals surface area contributed by atoms with Crippen LogP contribution in [0, 0.1) is 0 Å². The molecule has 9 nitrogen and oxygen atoms in total. The van der Waals surface area contributed by atoms with Crippen LogP contribution in [0.1, 0.15) is 32.0 Å². The molecule has 3 N–H and O–H groups in total. The molecule has 0 radical (unpaired) electrons. The lowest BCUT2D eigenvalue weighted by atomic mass is 10.0. The fourth-order valence-electron chi connectivity index (χ4n) is 5.06. The van der Waals surface area contributed by atoms with E-state index in [1.165, 1.54) is 18.0 Å². The number of benzene rings is 3. The van der Waals surface area contributed by atoms with E-state index in [0.717, 1.165) is 37.3 Å². The maximum Gasteiger partial charge on any atom is 0.274 e. The van der Waals surface area contributed by atoms with Gasteiger partial charge >= 0.3 is 0 Å². The van der Waals surface area contributed by atoms with Crippen molar-refractivity contribution >= 4 is 57.5 Å². The number of aromatic amines is 1. The van der Waals surface area contributed by atoms with Gasteiger partial charge in [-0.25, -0.2) is 0 Å². The number of nitrogens with zero attached hydrogens (tertiary/aromatic N) is 4. The van der Waals surface area contributed by atoms with Crippen LogP contribution in [0.3, 0.4) is 0 Å². The zero-order chi connectivity index (χ0) is 29.9. The van der Waals surface area contributed by atoms with Gasteiger partial charge in [-0.2, -0.15) is 0 Å². The molecule has 10 heteroatoms. The van der Waals surface area contributed by atoms with Crippen LogP contribution in [0.2, 0.25) is 5.02 Å². The number of nitrogens with one attached hydrogen (secondary N) is 2. The van der Waals surface area contributed by atoms with E-state index >= 15 is 0 Å². The molecule has 5 aromatic rings. The Morgan fingerprint density at radius 2 is 1.74 bits per heavy atom. The highest BCUT2D eigenvalue weighted by Gasteiger charge is 2.16. The maximum atomic E-state index is 13.4. The third-order valence-corrected chi connectivity index (χ3v) is 7.71. The van der Waals surface area contributed by atoms with Crippen LogP contribution in [-0.2, 0) is 0 Å². The average Bonchev–Trinajstić information content (AvgIpc) is 3.34. The quantitative estimate of drug-likeness (QED) is 0.160. The second-order valence-electron chi connectivity index (χ2n) is 10.4. The molecule has 1 saturated heterocycles. The van der Waals surface area contributed by atoms with Crippen molar-refractivity contribution in [2.24, 2.45) is 4.99 Å². The first-order chi connectivity index (χ1) is 20.8. The highest BCUT2D eigenvalue weighted by Crippen LogP contribution is 2.29. The fraction of sp³-hybridized carbons (Fsp3) is 0.152. The molecule has 0 bridgehead atoms. The summed E-state index contributed by atoms with van der Waals surface area (Å²) in [6, 6.07) is 23.0. The van der Waals surface area contributed by atoms with E-state index in [1.54, 1.807) is 54.7 Å². The van der Waals surface area contributed by atoms with Gasteiger partial charge in [0.1, 0.15) is 5.69 Å². The molecule has 1 amide bonds. The smallest absolute Gasteiger partial charge is 0.274 e. The number of halogens is 1. The summed E-state index contributed by atoms with van der Waals surface area (Å²) in [7, 11) is 2.14. The number of piperazine rings is 1. The number of carbonyl (C=O) groups excluding carboxylic acids is 2. The standard InChI is InChI=1S/C33H29ClN6O3/c1-39-13-15-40(16-14-39)26-8-6-24(7-9-26)36-20-28-27-10-5-22(18-29(27)38-32(28)42)31(41)21-3-2-4-25(17-21)37-33(43)30-19-23(34)11-12-35-30/h2-12,17-20,38,42H,13-16H2,1H3,(H,37,43). The molecule has 1 aliphatic heterocycles. The number of H-pyrrole nitrogens is 1. The maximum absolute atomic E-state index is 13.4. The van der Waals surface area contributed by atoms with Gasteiger partial charge in [0.05, 0.1) is 11.3 Å². The van der Waals surface area contributed by atoms with Crippen LogP contribution in [0.5, 0.6) is 5.88 Å². The summed E-state index contributed by atoms with van der Waals surface area (Å²) in [4.78, 5) is 42.2. The molecule has 6 rings (SSSR count). The van der Waals surface area contributed by atoms with E-state index in [1.807, 2.05) is 12.1 Å². The summed E-state index contributed by atoms with van der Waals surface area (Å²) in [6.45, 7) is 4.08.